The minimum absolute atomic E-state index is 0.00121. The molecule has 5 aromatic rings. The van der Waals surface area contributed by atoms with Crippen LogP contribution in [0.15, 0.2) is 90.4 Å². The van der Waals surface area contributed by atoms with E-state index in [1.807, 2.05) is 57.2 Å². The number of aryl methyl sites for hydroxylation is 2. The van der Waals surface area contributed by atoms with E-state index in [0.29, 0.717) is 74.7 Å². The van der Waals surface area contributed by atoms with Gasteiger partial charge in [0, 0.05) is 36.4 Å². The van der Waals surface area contributed by atoms with Gasteiger partial charge in [0.25, 0.3) is 11.8 Å². The molecule has 71 heavy (non-hydrogen) atoms. The highest BCUT2D eigenvalue weighted by molar-refractivity contribution is 7.81. The number of halogens is 3. The molecule has 3 atom stereocenters. The molecule has 3 aliphatic rings. The SMILES string of the molecule is [C-]#[N+]c1ccc(N2C(=O)C(C)(C)N(c3ccc(OCCCCOc4cc(-c5scnc5C)ccc4CCC(=O)[C@@H]4C[C@@H](C)CN4C(=O)[C@H](C(C)C)N4Cc5ccccc5C4=O)cc3)C2=S)cc1C(F)(F)F. The van der Waals surface area contributed by atoms with Crippen LogP contribution in [0.2, 0.25) is 0 Å². The molecule has 3 amide bonds. The van der Waals surface area contributed by atoms with E-state index in [0.717, 1.165) is 44.3 Å². The van der Waals surface area contributed by atoms with E-state index in [1.165, 1.54) is 17.4 Å². The monoisotopic (exact) mass is 1000 g/mol. The van der Waals surface area contributed by atoms with Crippen LogP contribution in [-0.4, -0.2) is 80.8 Å². The lowest BCUT2D eigenvalue weighted by Crippen LogP contribution is -2.54. The van der Waals surface area contributed by atoms with Crippen molar-refractivity contribution >= 4 is 69.2 Å². The van der Waals surface area contributed by atoms with Crippen molar-refractivity contribution in [2.24, 2.45) is 11.8 Å². The van der Waals surface area contributed by atoms with E-state index in [1.54, 1.807) is 64.4 Å². The van der Waals surface area contributed by atoms with E-state index in [9.17, 15) is 32.3 Å². The number of hydrogen-bond acceptors (Lipinski definition) is 9. The van der Waals surface area contributed by atoms with Crippen molar-refractivity contribution in [2.45, 2.75) is 104 Å². The van der Waals surface area contributed by atoms with Gasteiger partial charge >= 0.3 is 6.18 Å². The lowest BCUT2D eigenvalue weighted by molar-refractivity contribution is -0.142. The Morgan fingerprint density at radius 3 is 2.34 bits per heavy atom. The molecule has 370 valence electrons. The predicted molar refractivity (Wildman–Crippen MR) is 271 cm³/mol. The third-order valence-electron chi connectivity index (χ3n) is 13.4. The van der Waals surface area contributed by atoms with Gasteiger partial charge in [-0.25, -0.2) is 9.83 Å². The Labute approximate surface area is 421 Å². The second-order valence-corrected chi connectivity index (χ2v) is 20.4. The van der Waals surface area contributed by atoms with Gasteiger partial charge in [0.2, 0.25) is 5.91 Å². The zero-order chi connectivity index (χ0) is 50.9. The Morgan fingerprint density at radius 1 is 0.972 bits per heavy atom. The summed E-state index contributed by atoms with van der Waals surface area (Å²) in [5.74, 6) is 0.330. The van der Waals surface area contributed by atoms with Crippen molar-refractivity contribution < 1.29 is 41.8 Å². The fourth-order valence-electron chi connectivity index (χ4n) is 9.80. The number of thiocarbonyl (C=S) groups is 1. The molecule has 0 unspecified atom stereocenters. The fourth-order valence-corrected chi connectivity index (χ4v) is 11.1. The first-order valence-corrected chi connectivity index (χ1v) is 25.0. The molecule has 4 aromatic carbocycles. The van der Waals surface area contributed by atoms with Gasteiger partial charge in [-0.15, -0.1) is 11.3 Å². The van der Waals surface area contributed by atoms with Crippen molar-refractivity contribution in [3.63, 3.8) is 0 Å². The van der Waals surface area contributed by atoms with E-state index in [4.69, 9.17) is 28.3 Å². The number of Topliss-reactive ketones (excluding diaryl/α,β-unsaturated/α-hetero) is 1. The van der Waals surface area contributed by atoms with Gasteiger partial charge in [-0.2, -0.15) is 13.2 Å². The molecular formula is C54H55F3N6O6S2. The highest BCUT2D eigenvalue weighted by Crippen LogP contribution is 2.43. The van der Waals surface area contributed by atoms with Crippen molar-refractivity contribution in [3.8, 4) is 21.9 Å². The zero-order valence-electron chi connectivity index (χ0n) is 40.4. The molecule has 0 aliphatic carbocycles. The number of benzene rings is 4. The number of nitrogens with zero attached hydrogens (tertiary/aromatic N) is 6. The number of ether oxygens (including phenoxy) is 2. The van der Waals surface area contributed by atoms with Crippen molar-refractivity contribution in [3.05, 3.63) is 130 Å². The van der Waals surface area contributed by atoms with Crippen molar-refractivity contribution in [1.29, 1.82) is 0 Å². The highest BCUT2D eigenvalue weighted by atomic mass is 32.1. The number of ketones is 1. The summed E-state index contributed by atoms with van der Waals surface area (Å²) in [5.41, 5.74) is 3.58. The van der Waals surface area contributed by atoms with Crippen molar-refractivity contribution in [1.82, 2.24) is 14.8 Å². The first-order valence-electron chi connectivity index (χ1n) is 23.7. The number of hydrogen-bond donors (Lipinski definition) is 0. The van der Waals surface area contributed by atoms with Gasteiger partial charge in [0.1, 0.15) is 23.1 Å². The van der Waals surface area contributed by atoms with E-state index >= 15 is 0 Å². The summed E-state index contributed by atoms with van der Waals surface area (Å²) in [6.45, 7) is 19.9. The van der Waals surface area contributed by atoms with Gasteiger partial charge in [0.15, 0.2) is 16.6 Å². The number of anilines is 2. The van der Waals surface area contributed by atoms with Crippen molar-refractivity contribution in [2.75, 3.05) is 29.6 Å². The molecule has 1 aromatic heterocycles. The summed E-state index contributed by atoms with van der Waals surface area (Å²) < 4.78 is 53.9. The maximum atomic E-state index is 14.4. The predicted octanol–water partition coefficient (Wildman–Crippen LogP) is 11.3. The normalized spacial score (nSPS) is 18.1. The second kappa shape index (κ2) is 20.6. The topological polar surface area (TPSA) is 117 Å². The fraction of sp³-hybridized carbons (Fsp3) is 0.389. The summed E-state index contributed by atoms with van der Waals surface area (Å²) >= 11 is 7.22. The van der Waals surface area contributed by atoms with Crippen LogP contribution in [0.1, 0.15) is 93.0 Å². The molecule has 0 saturated carbocycles. The summed E-state index contributed by atoms with van der Waals surface area (Å²) in [6.07, 6.45) is -2.31. The number of carbonyl (C=O) groups is 4. The first-order chi connectivity index (χ1) is 33.8. The maximum absolute atomic E-state index is 14.4. The number of carbonyl (C=O) groups excluding carboxylic acids is 4. The largest absolute Gasteiger partial charge is 0.494 e. The molecule has 0 radical (unpaired) electrons. The molecule has 2 fully saturated rings. The molecule has 2 saturated heterocycles. The summed E-state index contributed by atoms with van der Waals surface area (Å²) in [6, 6.07) is 22.2. The van der Waals surface area contributed by atoms with E-state index in [2.05, 4.69) is 16.8 Å². The Bertz CT molecular complexity index is 2910. The van der Waals surface area contributed by atoms with Crippen LogP contribution in [-0.2, 0) is 33.5 Å². The number of fused-ring (bicyclic) bond motifs is 1. The van der Waals surface area contributed by atoms with Crippen LogP contribution in [0.25, 0.3) is 15.3 Å². The molecule has 0 N–H and O–H groups in total. The summed E-state index contributed by atoms with van der Waals surface area (Å²) in [7, 11) is 0. The van der Waals surface area contributed by atoms with Crippen LogP contribution >= 0.6 is 23.6 Å². The van der Waals surface area contributed by atoms with Gasteiger partial charge in [-0.1, -0.05) is 57.2 Å². The quantitative estimate of drug-likeness (QED) is 0.0510. The number of amides is 3. The Kier molecular flexibility index (Phi) is 14.7. The van der Waals surface area contributed by atoms with Gasteiger partial charge < -0.3 is 24.2 Å². The van der Waals surface area contributed by atoms with Gasteiger partial charge in [-0.3, -0.25) is 24.1 Å². The molecule has 12 nitrogen and oxygen atoms in total. The third kappa shape index (κ3) is 10.3. The summed E-state index contributed by atoms with van der Waals surface area (Å²) in [4.78, 5) is 70.2. The standard InChI is InChI=1S/C54H55F3N6O6S2/c1-32(2)47(61-30-37-12-8-9-13-41(37)49(61)65)50(66)60-29-33(3)26-44(60)45(64)23-16-35-14-15-36(48-34(4)59-31-71-48)27-46(35)69-25-11-10-24-68-40-20-17-38(18-21-40)63-52(70)62(51(67)53(63,5)6)39-19-22-43(58-7)42(28-39)54(55,56)57/h8-9,12-15,17-22,27-28,31-33,44,47H,10-11,16,23-26,29-30H2,1-6H3/t33-,44+,47+/m1/s1. The third-order valence-corrected chi connectivity index (χ3v) is 14.8. The van der Waals surface area contributed by atoms with E-state index in [-0.39, 0.29) is 46.7 Å². The Hall–Kier alpha value is -6.64. The minimum atomic E-state index is -4.80. The lowest BCUT2D eigenvalue weighted by atomic mass is 9.97. The molecule has 17 heteroatoms. The smallest absolute Gasteiger partial charge is 0.407 e. The molecule has 8 rings (SSSR count). The van der Waals surface area contributed by atoms with Crippen LogP contribution < -0.4 is 19.3 Å². The molecule has 0 spiro atoms. The van der Waals surface area contributed by atoms with Crippen LogP contribution in [0, 0.1) is 25.3 Å². The van der Waals surface area contributed by atoms with Gasteiger partial charge in [0.05, 0.1) is 47.5 Å². The maximum Gasteiger partial charge on any atom is 0.407 e. The van der Waals surface area contributed by atoms with E-state index < -0.39 is 41.0 Å². The molecule has 3 aliphatic heterocycles. The number of aromatic nitrogens is 1. The molecular weight excluding hydrogens is 950 g/mol. The second-order valence-electron chi connectivity index (χ2n) is 19.2. The summed E-state index contributed by atoms with van der Waals surface area (Å²) in [5, 5.41) is 0.00121. The average molecular weight is 1010 g/mol. The number of rotatable bonds is 17. The van der Waals surface area contributed by atoms with Crippen LogP contribution in [0.5, 0.6) is 11.5 Å². The lowest BCUT2D eigenvalue weighted by Gasteiger charge is -2.35. The minimum Gasteiger partial charge on any atom is -0.494 e. The average Bonchev–Trinajstić information content (AvgIpc) is 4.08. The number of thiazole rings is 1. The van der Waals surface area contributed by atoms with Crippen LogP contribution in [0.3, 0.4) is 0 Å². The number of likely N-dealkylation sites (tertiary alicyclic amines) is 1. The van der Waals surface area contributed by atoms with Crippen LogP contribution in [0.4, 0.5) is 30.2 Å². The Morgan fingerprint density at radius 2 is 1.68 bits per heavy atom. The molecule has 4 heterocycles. The Balaban J connectivity index is 0.877. The number of unbranched alkanes of at least 4 members (excludes halogenated alkanes) is 1. The number of alkyl halides is 3. The first kappa shape index (κ1) is 50.7. The molecule has 0 bridgehead atoms. The highest BCUT2D eigenvalue weighted by Gasteiger charge is 2.51. The zero-order valence-corrected chi connectivity index (χ0v) is 42.0. The van der Waals surface area contributed by atoms with Gasteiger partial charge in [-0.05, 0) is 136 Å².